The number of hydrogen-bond acceptors (Lipinski definition) is 5. The van der Waals surface area contributed by atoms with Crippen molar-refractivity contribution in [3.63, 3.8) is 0 Å². The minimum Gasteiger partial charge on any atom is -0.391 e. The molecule has 0 fully saturated rings. The normalized spacial score (nSPS) is 11.9. The second-order valence-corrected chi connectivity index (χ2v) is 7.59. The lowest BCUT2D eigenvalue weighted by atomic mass is 10.3. The van der Waals surface area contributed by atoms with Gasteiger partial charge in [0.1, 0.15) is 4.21 Å². The summed E-state index contributed by atoms with van der Waals surface area (Å²) in [4.78, 5) is 0.676. The fourth-order valence-corrected chi connectivity index (χ4v) is 4.28. The topological polar surface area (TPSA) is 84.2 Å². The summed E-state index contributed by atoms with van der Waals surface area (Å²) in [5.41, 5.74) is 1.64. The molecule has 0 spiro atoms. The molecule has 0 aliphatic rings. The van der Waals surface area contributed by atoms with Crippen molar-refractivity contribution in [3.8, 4) is 0 Å². The van der Waals surface area contributed by atoms with Gasteiger partial charge in [-0.05, 0) is 24.6 Å². The number of sulfonamides is 1. The number of thiophene rings is 1. The molecule has 0 aromatic carbocycles. The quantitative estimate of drug-likeness (QED) is 0.826. The van der Waals surface area contributed by atoms with E-state index < -0.39 is 10.0 Å². The van der Waals surface area contributed by atoms with Crippen LogP contribution in [-0.2, 0) is 30.1 Å². The Labute approximate surface area is 122 Å². The van der Waals surface area contributed by atoms with Gasteiger partial charge in [0, 0.05) is 31.1 Å². The van der Waals surface area contributed by atoms with Crippen molar-refractivity contribution >= 4 is 21.4 Å². The van der Waals surface area contributed by atoms with Gasteiger partial charge in [0.05, 0.1) is 12.3 Å². The zero-order valence-corrected chi connectivity index (χ0v) is 13.0. The smallest absolute Gasteiger partial charge is 0.250 e. The highest BCUT2D eigenvalue weighted by atomic mass is 32.2. The average Bonchev–Trinajstić information content (AvgIpc) is 2.95. The first kappa shape index (κ1) is 15.2. The van der Waals surface area contributed by atoms with Gasteiger partial charge in [0.15, 0.2) is 0 Å². The Morgan fingerprint density at radius 2 is 2.25 bits per heavy atom. The standard InChI is InChI=1S/C12H17N3O3S2/c1-9-7-12(19-11(9)8-16)20(17,18)13-5-3-10-4-6-15(2)14-10/h4,6-7,13,16H,3,5,8H2,1-2H3. The monoisotopic (exact) mass is 315 g/mol. The van der Waals surface area contributed by atoms with Crippen LogP contribution in [0.15, 0.2) is 22.5 Å². The summed E-state index contributed by atoms with van der Waals surface area (Å²) in [6.07, 6.45) is 2.36. The summed E-state index contributed by atoms with van der Waals surface area (Å²) >= 11 is 1.10. The SMILES string of the molecule is Cc1cc(S(=O)(=O)NCCc2ccn(C)n2)sc1CO. The van der Waals surface area contributed by atoms with Crippen molar-refractivity contribution in [2.75, 3.05) is 6.54 Å². The van der Waals surface area contributed by atoms with Crippen LogP contribution in [0.1, 0.15) is 16.1 Å². The molecule has 2 aromatic rings. The lowest BCUT2D eigenvalue weighted by molar-refractivity contribution is 0.285. The molecule has 2 heterocycles. The molecule has 0 aliphatic carbocycles. The predicted molar refractivity (Wildman–Crippen MR) is 77.1 cm³/mol. The predicted octanol–water partition coefficient (Wildman–Crippen LogP) is 0.803. The molecule has 0 radical (unpaired) electrons. The first-order valence-corrected chi connectivity index (χ1v) is 8.40. The van der Waals surface area contributed by atoms with Gasteiger partial charge >= 0.3 is 0 Å². The van der Waals surface area contributed by atoms with E-state index >= 15 is 0 Å². The van der Waals surface area contributed by atoms with E-state index in [1.54, 1.807) is 17.7 Å². The molecule has 110 valence electrons. The molecule has 8 heteroatoms. The Morgan fingerprint density at radius 3 is 2.80 bits per heavy atom. The molecule has 0 amide bonds. The zero-order valence-electron chi connectivity index (χ0n) is 11.3. The summed E-state index contributed by atoms with van der Waals surface area (Å²) < 4.78 is 28.7. The van der Waals surface area contributed by atoms with Gasteiger partial charge in [-0.15, -0.1) is 11.3 Å². The third-order valence-electron chi connectivity index (χ3n) is 2.85. The van der Waals surface area contributed by atoms with E-state index in [9.17, 15) is 8.42 Å². The Morgan fingerprint density at radius 1 is 1.50 bits per heavy atom. The molecule has 6 nitrogen and oxygen atoms in total. The van der Waals surface area contributed by atoms with Crippen LogP contribution in [0.25, 0.3) is 0 Å². The van der Waals surface area contributed by atoms with E-state index in [2.05, 4.69) is 9.82 Å². The van der Waals surface area contributed by atoms with Crippen molar-refractivity contribution < 1.29 is 13.5 Å². The van der Waals surface area contributed by atoms with E-state index in [1.807, 2.05) is 19.3 Å². The van der Waals surface area contributed by atoms with Crippen LogP contribution < -0.4 is 4.72 Å². The van der Waals surface area contributed by atoms with Crippen LogP contribution in [0.4, 0.5) is 0 Å². The van der Waals surface area contributed by atoms with Crippen LogP contribution in [0.2, 0.25) is 0 Å². The number of aliphatic hydroxyl groups is 1. The second-order valence-electron chi connectivity index (χ2n) is 4.46. The third kappa shape index (κ3) is 3.45. The summed E-state index contributed by atoms with van der Waals surface area (Å²) in [5, 5.41) is 13.3. The van der Waals surface area contributed by atoms with Crippen molar-refractivity contribution in [2.45, 2.75) is 24.2 Å². The molecule has 20 heavy (non-hydrogen) atoms. The highest BCUT2D eigenvalue weighted by Gasteiger charge is 2.18. The molecule has 0 saturated carbocycles. The fourth-order valence-electron chi connectivity index (χ4n) is 1.76. The molecule has 0 saturated heterocycles. The summed E-state index contributed by atoms with van der Waals surface area (Å²) in [6.45, 7) is 1.94. The van der Waals surface area contributed by atoms with Crippen molar-refractivity contribution in [3.05, 3.63) is 34.5 Å². The third-order valence-corrected chi connectivity index (χ3v) is 6.00. The van der Waals surface area contributed by atoms with E-state index in [0.29, 0.717) is 17.8 Å². The summed E-state index contributed by atoms with van der Waals surface area (Å²) in [5.74, 6) is 0. The molecular formula is C12H17N3O3S2. The number of aliphatic hydroxyl groups excluding tert-OH is 1. The van der Waals surface area contributed by atoms with Crippen LogP contribution >= 0.6 is 11.3 Å². The van der Waals surface area contributed by atoms with Gasteiger partial charge in [0.2, 0.25) is 10.0 Å². The molecule has 2 aromatic heterocycles. The minimum atomic E-state index is -3.51. The zero-order chi connectivity index (χ0) is 14.8. The van der Waals surface area contributed by atoms with Crippen LogP contribution in [0, 0.1) is 6.92 Å². The van der Waals surface area contributed by atoms with Crippen molar-refractivity contribution in [1.29, 1.82) is 0 Å². The Bertz CT molecular complexity index is 689. The molecule has 2 N–H and O–H groups in total. The van der Waals surface area contributed by atoms with Crippen molar-refractivity contribution in [2.24, 2.45) is 7.05 Å². The minimum absolute atomic E-state index is 0.139. The van der Waals surface area contributed by atoms with Gasteiger partial charge in [0.25, 0.3) is 0 Å². The van der Waals surface area contributed by atoms with Crippen LogP contribution in [0.5, 0.6) is 0 Å². The molecule has 0 unspecified atom stereocenters. The average molecular weight is 315 g/mol. The van der Waals surface area contributed by atoms with Gasteiger partial charge in [-0.2, -0.15) is 5.10 Å². The van der Waals surface area contributed by atoms with Gasteiger partial charge in [-0.25, -0.2) is 13.1 Å². The number of rotatable bonds is 6. The second kappa shape index (κ2) is 6.04. The Hall–Kier alpha value is -1.22. The molecule has 0 aliphatic heterocycles. The summed E-state index contributed by atoms with van der Waals surface area (Å²) in [7, 11) is -1.69. The maximum atomic E-state index is 12.1. The number of aryl methyl sites for hydroxylation is 2. The highest BCUT2D eigenvalue weighted by molar-refractivity contribution is 7.91. The van der Waals surface area contributed by atoms with Gasteiger partial charge in [-0.3, -0.25) is 4.68 Å². The van der Waals surface area contributed by atoms with Crippen LogP contribution in [0.3, 0.4) is 0 Å². The largest absolute Gasteiger partial charge is 0.391 e. The maximum Gasteiger partial charge on any atom is 0.250 e. The Kier molecular flexibility index (Phi) is 4.59. The molecule has 0 bridgehead atoms. The lowest BCUT2D eigenvalue weighted by Gasteiger charge is -2.03. The first-order valence-electron chi connectivity index (χ1n) is 6.11. The van der Waals surface area contributed by atoms with Gasteiger partial charge in [-0.1, -0.05) is 0 Å². The number of nitrogens with zero attached hydrogens (tertiary/aromatic N) is 2. The molecule has 2 rings (SSSR count). The highest BCUT2D eigenvalue weighted by Crippen LogP contribution is 2.25. The number of hydrogen-bond donors (Lipinski definition) is 2. The van der Waals surface area contributed by atoms with Crippen molar-refractivity contribution in [1.82, 2.24) is 14.5 Å². The Balaban J connectivity index is 2.00. The molecule has 0 atom stereocenters. The number of aromatic nitrogens is 2. The van der Waals surface area contributed by atoms with Gasteiger partial charge < -0.3 is 5.11 Å². The fraction of sp³-hybridized carbons (Fsp3) is 0.417. The van der Waals surface area contributed by atoms with E-state index in [4.69, 9.17) is 5.11 Å². The first-order chi connectivity index (χ1) is 9.42. The molecular weight excluding hydrogens is 298 g/mol. The van der Waals surface area contributed by atoms with E-state index in [0.717, 1.165) is 22.6 Å². The van der Waals surface area contributed by atoms with E-state index in [1.165, 1.54) is 0 Å². The number of nitrogens with one attached hydrogen (secondary N) is 1. The van der Waals surface area contributed by atoms with E-state index in [-0.39, 0.29) is 10.8 Å². The van der Waals surface area contributed by atoms with Crippen LogP contribution in [-0.4, -0.2) is 29.8 Å². The lowest BCUT2D eigenvalue weighted by Crippen LogP contribution is -2.25. The maximum absolute atomic E-state index is 12.1. The summed E-state index contributed by atoms with van der Waals surface area (Å²) in [6, 6.07) is 3.44.